The minimum atomic E-state index is -3.97. The van der Waals surface area contributed by atoms with Crippen molar-refractivity contribution in [1.29, 1.82) is 0 Å². The summed E-state index contributed by atoms with van der Waals surface area (Å²) in [5, 5.41) is 8.29. The maximum absolute atomic E-state index is 13.6. The fourth-order valence-corrected chi connectivity index (χ4v) is 3.42. The van der Waals surface area contributed by atoms with Crippen molar-refractivity contribution in [3.05, 3.63) is 28.5 Å². The van der Waals surface area contributed by atoms with Crippen LogP contribution in [0.2, 0.25) is 5.02 Å². The van der Waals surface area contributed by atoms with Crippen molar-refractivity contribution in [2.75, 3.05) is 0 Å². The molecular weight excluding hydrogens is 309 g/mol. The van der Waals surface area contributed by atoms with E-state index in [-0.39, 0.29) is 12.0 Å². The molecule has 1 aliphatic rings. The Morgan fingerprint density at radius 3 is 2.60 bits per heavy atom. The van der Waals surface area contributed by atoms with E-state index < -0.39 is 37.3 Å². The number of nitrogens with one attached hydrogen (secondary N) is 1. The molecule has 1 aliphatic carbocycles. The van der Waals surface area contributed by atoms with Crippen LogP contribution >= 0.6 is 11.6 Å². The Morgan fingerprint density at radius 1 is 1.50 bits per heavy atom. The van der Waals surface area contributed by atoms with Crippen molar-refractivity contribution < 1.29 is 22.7 Å². The number of aromatic carboxylic acids is 1. The maximum Gasteiger partial charge on any atom is 0.337 e. The van der Waals surface area contributed by atoms with E-state index in [0.717, 1.165) is 25.0 Å². The van der Waals surface area contributed by atoms with E-state index in [1.165, 1.54) is 0 Å². The molecule has 1 aromatic carbocycles. The predicted octanol–water partition coefficient (Wildman–Crippen LogP) is 2.25. The second kappa shape index (κ2) is 5.31. The van der Waals surface area contributed by atoms with Gasteiger partial charge in [-0.05, 0) is 37.8 Å². The van der Waals surface area contributed by atoms with Gasteiger partial charge in [-0.3, -0.25) is 0 Å². The lowest BCUT2D eigenvalue weighted by atomic mass is 10.2. The van der Waals surface area contributed by atoms with Gasteiger partial charge in [0.15, 0.2) is 0 Å². The summed E-state index contributed by atoms with van der Waals surface area (Å²) in [5.74, 6) is -2.28. The monoisotopic (exact) mass is 321 g/mol. The largest absolute Gasteiger partial charge is 0.478 e. The molecule has 2 N–H and O–H groups in total. The Kier molecular flexibility index (Phi) is 4.04. The van der Waals surface area contributed by atoms with Gasteiger partial charge in [0.05, 0.1) is 15.5 Å². The molecule has 1 unspecified atom stereocenters. The van der Waals surface area contributed by atoms with E-state index in [0.29, 0.717) is 0 Å². The van der Waals surface area contributed by atoms with Crippen LogP contribution in [0.3, 0.4) is 0 Å². The quantitative estimate of drug-likeness (QED) is 0.871. The Bertz CT molecular complexity index is 658. The topological polar surface area (TPSA) is 83.5 Å². The summed E-state index contributed by atoms with van der Waals surface area (Å²) in [6, 6.07) is 1.30. The summed E-state index contributed by atoms with van der Waals surface area (Å²) in [6.07, 6.45) is 1.89. The summed E-state index contributed by atoms with van der Waals surface area (Å²) >= 11 is 5.51. The lowest BCUT2D eigenvalue weighted by molar-refractivity contribution is 0.0696. The zero-order chi connectivity index (χ0) is 15.1. The van der Waals surface area contributed by atoms with Crippen molar-refractivity contribution >= 4 is 27.6 Å². The lowest BCUT2D eigenvalue weighted by Gasteiger charge is -2.14. The van der Waals surface area contributed by atoms with Crippen molar-refractivity contribution in [3.63, 3.8) is 0 Å². The fourth-order valence-electron chi connectivity index (χ4n) is 1.88. The summed E-state index contributed by atoms with van der Waals surface area (Å²) in [7, 11) is -3.97. The molecule has 0 aliphatic heterocycles. The zero-order valence-electron chi connectivity index (χ0n) is 10.6. The zero-order valence-corrected chi connectivity index (χ0v) is 12.1. The number of benzene rings is 1. The minimum absolute atomic E-state index is 0.271. The average molecular weight is 322 g/mol. The molecule has 8 heteroatoms. The third-order valence-corrected chi connectivity index (χ3v) is 5.14. The van der Waals surface area contributed by atoms with Gasteiger partial charge in [-0.2, -0.15) is 0 Å². The van der Waals surface area contributed by atoms with E-state index in [9.17, 15) is 17.6 Å². The van der Waals surface area contributed by atoms with Crippen LogP contribution in [0.25, 0.3) is 0 Å². The predicted molar refractivity (Wildman–Crippen MR) is 70.9 cm³/mol. The number of sulfonamides is 1. The first kappa shape index (κ1) is 15.2. The molecule has 0 amide bonds. The number of hydrogen-bond donors (Lipinski definition) is 2. The van der Waals surface area contributed by atoms with Crippen LogP contribution in [0.4, 0.5) is 4.39 Å². The second-order valence-corrected chi connectivity index (χ2v) is 6.91. The van der Waals surface area contributed by atoms with E-state index in [4.69, 9.17) is 16.7 Å². The van der Waals surface area contributed by atoms with Crippen molar-refractivity contribution in [2.24, 2.45) is 5.92 Å². The Balaban J connectivity index is 2.38. The Morgan fingerprint density at radius 2 is 2.10 bits per heavy atom. The summed E-state index contributed by atoms with van der Waals surface area (Å²) in [5.41, 5.74) is -0.578. The molecule has 1 atom stereocenters. The van der Waals surface area contributed by atoms with Crippen LogP contribution in [0.5, 0.6) is 0 Å². The lowest BCUT2D eigenvalue weighted by Crippen LogP contribution is -2.34. The van der Waals surface area contributed by atoms with E-state index in [1.807, 2.05) is 0 Å². The van der Waals surface area contributed by atoms with Crippen molar-refractivity contribution in [2.45, 2.75) is 30.7 Å². The minimum Gasteiger partial charge on any atom is -0.478 e. The van der Waals surface area contributed by atoms with E-state index >= 15 is 0 Å². The smallest absolute Gasteiger partial charge is 0.337 e. The van der Waals surface area contributed by atoms with Gasteiger partial charge >= 0.3 is 5.97 Å². The average Bonchev–Trinajstić information content (AvgIpc) is 3.15. The molecule has 20 heavy (non-hydrogen) atoms. The molecule has 0 bridgehead atoms. The Labute approximate surface area is 120 Å². The number of halogens is 2. The van der Waals surface area contributed by atoms with Crippen molar-refractivity contribution in [1.82, 2.24) is 4.72 Å². The van der Waals surface area contributed by atoms with Gasteiger partial charge in [-0.25, -0.2) is 22.3 Å². The molecule has 5 nitrogen and oxygen atoms in total. The third kappa shape index (κ3) is 3.11. The molecular formula is C12H13ClFNO4S. The van der Waals surface area contributed by atoms with Gasteiger partial charge in [-0.15, -0.1) is 0 Å². The normalized spacial score (nSPS) is 16.9. The molecule has 0 aromatic heterocycles. The molecule has 1 fully saturated rings. The second-order valence-electron chi connectivity index (χ2n) is 4.82. The van der Waals surface area contributed by atoms with Gasteiger partial charge in [0, 0.05) is 6.04 Å². The van der Waals surface area contributed by atoms with Crippen LogP contribution in [0, 0.1) is 11.7 Å². The SMILES string of the molecule is CC(NS(=O)(=O)c1cc(F)c(Cl)c(C(=O)O)c1)C1CC1. The molecule has 0 saturated heterocycles. The van der Waals surface area contributed by atoms with Gasteiger partial charge in [-0.1, -0.05) is 11.6 Å². The summed E-state index contributed by atoms with van der Waals surface area (Å²) in [4.78, 5) is 10.5. The van der Waals surface area contributed by atoms with Gasteiger partial charge < -0.3 is 5.11 Å². The Hall–Kier alpha value is -1.18. The van der Waals surface area contributed by atoms with Crippen LogP contribution in [-0.4, -0.2) is 25.5 Å². The third-order valence-electron chi connectivity index (χ3n) is 3.21. The highest BCUT2D eigenvalue weighted by Gasteiger charge is 2.32. The molecule has 1 saturated carbocycles. The first-order chi connectivity index (χ1) is 9.22. The first-order valence-electron chi connectivity index (χ1n) is 5.97. The van der Waals surface area contributed by atoms with Gasteiger partial charge in [0.2, 0.25) is 10.0 Å². The summed E-state index contributed by atoms with van der Waals surface area (Å²) < 4.78 is 40.2. The highest BCUT2D eigenvalue weighted by molar-refractivity contribution is 7.89. The molecule has 2 rings (SSSR count). The number of carboxylic acids is 1. The molecule has 0 spiro atoms. The van der Waals surface area contributed by atoms with Crippen LogP contribution in [0.15, 0.2) is 17.0 Å². The van der Waals surface area contributed by atoms with E-state index in [1.54, 1.807) is 6.92 Å². The molecule has 110 valence electrons. The number of carbonyl (C=O) groups is 1. The van der Waals surface area contributed by atoms with Crippen LogP contribution in [0.1, 0.15) is 30.1 Å². The summed E-state index contributed by atoms with van der Waals surface area (Å²) in [6.45, 7) is 1.72. The van der Waals surface area contributed by atoms with Gasteiger partial charge in [0.25, 0.3) is 0 Å². The molecule has 0 heterocycles. The van der Waals surface area contributed by atoms with Crippen molar-refractivity contribution in [3.8, 4) is 0 Å². The highest BCUT2D eigenvalue weighted by atomic mass is 35.5. The standard InChI is InChI=1S/C12H13ClFNO4S/c1-6(7-2-3-7)15-20(18,19)8-4-9(12(16)17)11(13)10(14)5-8/h4-7,15H,2-3H2,1H3,(H,16,17). The van der Waals surface area contributed by atoms with Crippen LogP contribution in [-0.2, 0) is 10.0 Å². The number of carboxylic acid groups (broad SMARTS) is 1. The first-order valence-corrected chi connectivity index (χ1v) is 7.83. The number of rotatable bonds is 5. The number of hydrogen-bond acceptors (Lipinski definition) is 3. The van der Waals surface area contributed by atoms with Gasteiger partial charge in [0.1, 0.15) is 5.82 Å². The maximum atomic E-state index is 13.6. The van der Waals surface area contributed by atoms with E-state index in [2.05, 4.69) is 4.72 Å². The fraction of sp³-hybridized carbons (Fsp3) is 0.417. The van der Waals surface area contributed by atoms with Crippen LogP contribution < -0.4 is 4.72 Å². The highest BCUT2D eigenvalue weighted by Crippen LogP contribution is 2.33. The molecule has 0 radical (unpaired) electrons. The molecule has 1 aromatic rings.